The molecule has 1 aromatic heterocycles. The number of fused-ring (bicyclic) bond motifs is 2. The van der Waals surface area contributed by atoms with Gasteiger partial charge in [0.05, 0.1) is 25.0 Å². The van der Waals surface area contributed by atoms with Crippen LogP contribution >= 0.6 is 0 Å². The highest BCUT2D eigenvalue weighted by molar-refractivity contribution is 5.73. The topological polar surface area (TPSA) is 59.5 Å². The molecular formula is C23H22F2N4O2. The van der Waals surface area contributed by atoms with E-state index in [4.69, 9.17) is 9.47 Å². The fourth-order valence-electron chi connectivity index (χ4n) is 3.98. The van der Waals surface area contributed by atoms with Gasteiger partial charge in [-0.05, 0) is 37.6 Å². The van der Waals surface area contributed by atoms with E-state index in [2.05, 4.69) is 15.3 Å². The van der Waals surface area contributed by atoms with E-state index in [-0.39, 0.29) is 23.4 Å². The Kier molecular flexibility index (Phi) is 4.84. The van der Waals surface area contributed by atoms with Gasteiger partial charge in [-0.2, -0.15) is 0 Å². The van der Waals surface area contributed by atoms with Gasteiger partial charge >= 0.3 is 0 Å². The molecule has 1 N–H and O–H groups in total. The van der Waals surface area contributed by atoms with Crippen LogP contribution in [0.3, 0.4) is 0 Å². The molecule has 0 fully saturated rings. The molecule has 0 amide bonds. The van der Waals surface area contributed by atoms with Crippen molar-refractivity contribution in [1.82, 2.24) is 9.97 Å². The summed E-state index contributed by atoms with van der Waals surface area (Å²) in [5, 5.41) is 3.08. The van der Waals surface area contributed by atoms with Crippen molar-refractivity contribution >= 4 is 17.3 Å². The predicted octanol–water partition coefficient (Wildman–Crippen LogP) is 4.71. The number of hydrogen-bond donors (Lipinski definition) is 1. The molecule has 160 valence electrons. The average Bonchev–Trinajstić information content (AvgIpc) is 3.22. The smallest absolute Gasteiger partial charge is 0.227 e. The van der Waals surface area contributed by atoms with E-state index in [1.165, 1.54) is 6.07 Å². The minimum absolute atomic E-state index is 0.0193. The maximum atomic E-state index is 14.8. The molecule has 0 saturated heterocycles. The van der Waals surface area contributed by atoms with Gasteiger partial charge in [0.15, 0.2) is 17.4 Å². The fraction of sp³-hybridized carbons (Fsp3) is 0.304. The Labute approximate surface area is 178 Å². The van der Waals surface area contributed by atoms with E-state index >= 15 is 0 Å². The van der Waals surface area contributed by atoms with Crippen molar-refractivity contribution in [3.8, 4) is 22.8 Å². The summed E-state index contributed by atoms with van der Waals surface area (Å²) in [6.45, 7) is 5.74. The fourth-order valence-corrected chi connectivity index (χ4v) is 3.98. The lowest BCUT2D eigenvalue weighted by molar-refractivity contribution is 0.287. The second-order valence-electron chi connectivity index (χ2n) is 7.88. The second-order valence-corrected chi connectivity index (χ2v) is 7.88. The zero-order valence-corrected chi connectivity index (χ0v) is 17.3. The number of nitrogens with one attached hydrogen (secondary N) is 1. The molecule has 0 unspecified atom stereocenters. The van der Waals surface area contributed by atoms with Gasteiger partial charge in [0.1, 0.15) is 18.1 Å². The summed E-state index contributed by atoms with van der Waals surface area (Å²) < 4.78 is 40.6. The molecule has 0 bridgehead atoms. The lowest BCUT2D eigenvalue weighted by atomic mass is 10.1. The van der Waals surface area contributed by atoms with Gasteiger partial charge in [0.2, 0.25) is 5.95 Å². The summed E-state index contributed by atoms with van der Waals surface area (Å²) in [6.07, 6.45) is 1.97. The molecule has 2 aliphatic rings. The van der Waals surface area contributed by atoms with Crippen LogP contribution in [0.15, 0.2) is 36.5 Å². The molecule has 0 spiro atoms. The predicted molar refractivity (Wildman–Crippen MR) is 114 cm³/mol. The quantitative estimate of drug-likeness (QED) is 0.655. The summed E-state index contributed by atoms with van der Waals surface area (Å²) >= 11 is 0. The van der Waals surface area contributed by atoms with E-state index < -0.39 is 11.6 Å². The van der Waals surface area contributed by atoms with Crippen molar-refractivity contribution < 1.29 is 18.3 Å². The first-order valence-corrected chi connectivity index (χ1v) is 10.3. The van der Waals surface area contributed by atoms with Crippen molar-refractivity contribution in [3.05, 3.63) is 53.7 Å². The Morgan fingerprint density at radius 2 is 1.94 bits per heavy atom. The number of ether oxygens (including phenoxy) is 2. The van der Waals surface area contributed by atoms with Crippen LogP contribution in [0.1, 0.15) is 19.4 Å². The summed E-state index contributed by atoms with van der Waals surface area (Å²) in [5.41, 5.74) is 2.82. The van der Waals surface area contributed by atoms with Gasteiger partial charge in [-0.15, -0.1) is 0 Å². The number of aromatic nitrogens is 2. The molecule has 0 aliphatic carbocycles. The minimum atomic E-state index is -0.630. The molecule has 2 aliphatic heterocycles. The largest absolute Gasteiger partial charge is 0.493 e. The summed E-state index contributed by atoms with van der Waals surface area (Å²) in [7, 11) is 0. The van der Waals surface area contributed by atoms with Gasteiger partial charge < -0.3 is 19.7 Å². The third kappa shape index (κ3) is 3.62. The highest BCUT2D eigenvalue weighted by Crippen LogP contribution is 2.39. The highest BCUT2D eigenvalue weighted by atomic mass is 19.1. The minimum Gasteiger partial charge on any atom is -0.493 e. The Hall–Kier alpha value is -3.42. The highest BCUT2D eigenvalue weighted by Gasteiger charge is 2.25. The Morgan fingerprint density at radius 3 is 2.77 bits per heavy atom. The van der Waals surface area contributed by atoms with Crippen molar-refractivity contribution in [1.29, 1.82) is 0 Å². The third-order valence-corrected chi connectivity index (χ3v) is 5.51. The number of benzene rings is 2. The van der Waals surface area contributed by atoms with Gasteiger partial charge in [-0.1, -0.05) is 6.07 Å². The van der Waals surface area contributed by atoms with Crippen LogP contribution in [0.25, 0.3) is 11.3 Å². The molecule has 3 aromatic rings. The van der Waals surface area contributed by atoms with Crippen LogP contribution in [0.4, 0.5) is 26.1 Å². The van der Waals surface area contributed by atoms with E-state index in [0.29, 0.717) is 31.0 Å². The number of nitrogens with zero attached hydrogens (tertiary/aromatic N) is 3. The first-order valence-electron chi connectivity index (χ1n) is 10.3. The van der Waals surface area contributed by atoms with Crippen molar-refractivity contribution in [2.75, 3.05) is 30.0 Å². The van der Waals surface area contributed by atoms with Crippen LogP contribution in [0.5, 0.6) is 11.5 Å². The molecule has 0 saturated carbocycles. The van der Waals surface area contributed by atoms with E-state index in [9.17, 15) is 8.78 Å². The van der Waals surface area contributed by atoms with Crippen LogP contribution in [0.2, 0.25) is 0 Å². The summed E-state index contributed by atoms with van der Waals surface area (Å²) in [4.78, 5) is 10.4. The number of hydrogen-bond acceptors (Lipinski definition) is 6. The summed E-state index contributed by atoms with van der Waals surface area (Å²) in [5.74, 6) is 0.0492. The van der Waals surface area contributed by atoms with Crippen LogP contribution in [-0.2, 0) is 6.42 Å². The maximum absolute atomic E-state index is 14.8. The number of halogens is 2. The molecule has 0 radical (unpaired) electrons. The van der Waals surface area contributed by atoms with Crippen LogP contribution < -0.4 is 19.7 Å². The zero-order chi connectivity index (χ0) is 21.5. The molecule has 2 aromatic carbocycles. The molecule has 0 atom stereocenters. The zero-order valence-electron chi connectivity index (χ0n) is 17.3. The lowest BCUT2D eigenvalue weighted by Gasteiger charge is -2.34. The van der Waals surface area contributed by atoms with E-state index in [1.54, 1.807) is 6.07 Å². The second kappa shape index (κ2) is 7.68. The Bertz CT molecular complexity index is 1150. The van der Waals surface area contributed by atoms with Crippen molar-refractivity contribution in [2.24, 2.45) is 0 Å². The molecule has 6 nitrogen and oxygen atoms in total. The van der Waals surface area contributed by atoms with Gasteiger partial charge in [0.25, 0.3) is 0 Å². The molecule has 8 heteroatoms. The lowest BCUT2D eigenvalue weighted by Crippen LogP contribution is -2.38. The summed E-state index contributed by atoms with van der Waals surface area (Å²) in [6, 6.07) is 8.86. The Balaban J connectivity index is 1.51. The van der Waals surface area contributed by atoms with Gasteiger partial charge in [-0.25, -0.2) is 18.7 Å². The first-order chi connectivity index (χ1) is 15.0. The normalized spacial score (nSPS) is 14.7. The first kappa shape index (κ1) is 19.5. The van der Waals surface area contributed by atoms with E-state index in [1.807, 2.05) is 36.9 Å². The standard InChI is InChI=1S/C23H22F2N4O2/c1-13(2)29-6-8-31-22-17(24)9-15(10-19(22)29)21-18(25)12-26-23(28-21)27-16-4-3-14-5-7-30-20(14)11-16/h3-4,9-13H,5-8H2,1-2H3,(H,26,27,28). The molecule has 31 heavy (non-hydrogen) atoms. The Morgan fingerprint density at radius 1 is 1.06 bits per heavy atom. The number of anilines is 3. The third-order valence-electron chi connectivity index (χ3n) is 5.51. The van der Waals surface area contributed by atoms with Crippen molar-refractivity contribution in [3.63, 3.8) is 0 Å². The SMILES string of the molecule is CC(C)N1CCOc2c(F)cc(-c3nc(Nc4ccc5c(c4)OCC5)ncc3F)cc21. The van der Waals surface area contributed by atoms with Crippen LogP contribution in [-0.4, -0.2) is 35.8 Å². The monoisotopic (exact) mass is 424 g/mol. The van der Waals surface area contributed by atoms with Crippen molar-refractivity contribution in [2.45, 2.75) is 26.3 Å². The molecule has 3 heterocycles. The maximum Gasteiger partial charge on any atom is 0.227 e. The molecule has 5 rings (SSSR count). The van der Waals surface area contributed by atoms with Crippen LogP contribution in [0, 0.1) is 11.6 Å². The number of rotatable bonds is 4. The van der Waals surface area contributed by atoms with E-state index in [0.717, 1.165) is 29.6 Å². The van der Waals surface area contributed by atoms with Gasteiger partial charge in [-0.3, -0.25) is 0 Å². The average molecular weight is 424 g/mol. The molecular weight excluding hydrogens is 402 g/mol. The van der Waals surface area contributed by atoms with Gasteiger partial charge in [0, 0.05) is 29.8 Å².